The molecule has 1 aromatic heterocycles. The lowest BCUT2D eigenvalue weighted by Gasteiger charge is -1.94. The molecule has 0 fully saturated rings. The second kappa shape index (κ2) is 4.41. The van der Waals surface area contributed by atoms with E-state index in [0.29, 0.717) is 17.3 Å². The average Bonchev–Trinajstić information content (AvgIpc) is 2.89. The summed E-state index contributed by atoms with van der Waals surface area (Å²) in [6.45, 7) is 0. The van der Waals surface area contributed by atoms with Gasteiger partial charge in [-0.1, -0.05) is 24.3 Å². The maximum Gasteiger partial charge on any atom is 0.248 e. The van der Waals surface area contributed by atoms with Gasteiger partial charge in [0.25, 0.3) is 0 Å². The Balaban J connectivity index is 2.00. The highest BCUT2D eigenvalue weighted by Crippen LogP contribution is 2.23. The SMILES string of the molecule is Fc1cccc(-c2nnc(-c3ccccc3)o2)c1. The van der Waals surface area contributed by atoms with Crippen LogP contribution in [0.4, 0.5) is 4.39 Å². The van der Waals surface area contributed by atoms with Crippen LogP contribution in [0.1, 0.15) is 0 Å². The van der Waals surface area contributed by atoms with Gasteiger partial charge in [-0.2, -0.15) is 0 Å². The highest BCUT2D eigenvalue weighted by Gasteiger charge is 2.10. The molecule has 0 N–H and O–H groups in total. The summed E-state index contributed by atoms with van der Waals surface area (Å²) in [5, 5.41) is 7.87. The Morgan fingerprint density at radius 3 is 2.17 bits per heavy atom. The van der Waals surface area contributed by atoms with E-state index in [1.165, 1.54) is 12.1 Å². The predicted molar refractivity (Wildman–Crippen MR) is 65.1 cm³/mol. The number of aromatic nitrogens is 2. The van der Waals surface area contributed by atoms with Gasteiger partial charge in [0.15, 0.2) is 0 Å². The van der Waals surface area contributed by atoms with Gasteiger partial charge >= 0.3 is 0 Å². The largest absolute Gasteiger partial charge is 0.416 e. The van der Waals surface area contributed by atoms with Crippen LogP contribution in [-0.4, -0.2) is 10.2 Å². The Morgan fingerprint density at radius 1 is 0.778 bits per heavy atom. The van der Waals surface area contributed by atoms with Crippen molar-refractivity contribution in [3.63, 3.8) is 0 Å². The highest BCUT2D eigenvalue weighted by atomic mass is 19.1. The van der Waals surface area contributed by atoms with Crippen molar-refractivity contribution in [1.82, 2.24) is 10.2 Å². The minimum absolute atomic E-state index is 0.313. The van der Waals surface area contributed by atoms with Crippen molar-refractivity contribution < 1.29 is 8.81 Å². The van der Waals surface area contributed by atoms with Crippen molar-refractivity contribution in [2.45, 2.75) is 0 Å². The van der Waals surface area contributed by atoms with Gasteiger partial charge in [-0.25, -0.2) is 4.39 Å². The summed E-state index contributed by atoms with van der Waals surface area (Å²) < 4.78 is 18.6. The zero-order valence-electron chi connectivity index (χ0n) is 9.38. The van der Waals surface area contributed by atoms with E-state index in [9.17, 15) is 4.39 Å². The van der Waals surface area contributed by atoms with E-state index in [2.05, 4.69) is 10.2 Å². The van der Waals surface area contributed by atoms with Crippen molar-refractivity contribution in [2.24, 2.45) is 0 Å². The van der Waals surface area contributed by atoms with Crippen LogP contribution in [0.3, 0.4) is 0 Å². The van der Waals surface area contributed by atoms with Gasteiger partial charge in [-0.15, -0.1) is 10.2 Å². The third-order valence-corrected chi connectivity index (χ3v) is 2.52. The Kier molecular flexibility index (Phi) is 2.61. The molecular formula is C14H9FN2O. The van der Waals surface area contributed by atoms with Gasteiger partial charge in [0.2, 0.25) is 11.8 Å². The summed E-state index contributed by atoms with van der Waals surface area (Å²) in [6, 6.07) is 15.5. The van der Waals surface area contributed by atoms with Crippen molar-refractivity contribution in [1.29, 1.82) is 0 Å². The topological polar surface area (TPSA) is 38.9 Å². The van der Waals surface area contributed by atoms with Crippen LogP contribution in [0.25, 0.3) is 22.9 Å². The van der Waals surface area contributed by atoms with Gasteiger partial charge in [0.05, 0.1) is 0 Å². The molecule has 1 heterocycles. The van der Waals surface area contributed by atoms with Gasteiger partial charge in [0.1, 0.15) is 5.82 Å². The smallest absolute Gasteiger partial charge is 0.248 e. The van der Waals surface area contributed by atoms with Crippen molar-refractivity contribution in [3.05, 3.63) is 60.4 Å². The van der Waals surface area contributed by atoms with E-state index in [1.54, 1.807) is 12.1 Å². The molecule has 0 aliphatic heterocycles. The van der Waals surface area contributed by atoms with E-state index in [-0.39, 0.29) is 5.82 Å². The number of rotatable bonds is 2. The fraction of sp³-hybridized carbons (Fsp3) is 0. The number of hydrogen-bond acceptors (Lipinski definition) is 3. The first-order chi connectivity index (χ1) is 8.83. The third-order valence-electron chi connectivity index (χ3n) is 2.52. The first-order valence-corrected chi connectivity index (χ1v) is 5.48. The molecule has 2 aromatic carbocycles. The van der Waals surface area contributed by atoms with Crippen molar-refractivity contribution >= 4 is 0 Å². The number of nitrogens with zero attached hydrogens (tertiary/aromatic N) is 2. The number of benzene rings is 2. The monoisotopic (exact) mass is 240 g/mol. The lowest BCUT2D eigenvalue weighted by atomic mass is 10.2. The molecule has 0 radical (unpaired) electrons. The van der Waals surface area contributed by atoms with E-state index in [1.807, 2.05) is 30.3 Å². The molecule has 3 rings (SSSR count). The molecule has 0 atom stereocenters. The Labute approximate surface area is 103 Å². The normalized spacial score (nSPS) is 10.5. The standard InChI is InChI=1S/C14H9FN2O/c15-12-8-4-7-11(9-12)14-17-16-13(18-14)10-5-2-1-3-6-10/h1-9H. The third kappa shape index (κ3) is 2.00. The molecular weight excluding hydrogens is 231 g/mol. The first kappa shape index (κ1) is 10.7. The summed E-state index contributed by atoms with van der Waals surface area (Å²) in [4.78, 5) is 0. The van der Waals surface area contributed by atoms with Crippen LogP contribution in [-0.2, 0) is 0 Å². The molecule has 0 unspecified atom stereocenters. The van der Waals surface area contributed by atoms with Gasteiger partial charge in [0, 0.05) is 11.1 Å². The molecule has 3 nitrogen and oxygen atoms in total. The van der Waals surface area contributed by atoms with Crippen LogP contribution in [0, 0.1) is 5.82 Å². The quantitative estimate of drug-likeness (QED) is 0.687. The first-order valence-electron chi connectivity index (χ1n) is 5.48. The minimum Gasteiger partial charge on any atom is -0.416 e. The molecule has 0 saturated heterocycles. The molecule has 3 aromatic rings. The van der Waals surface area contributed by atoms with Crippen LogP contribution in [0.5, 0.6) is 0 Å². The van der Waals surface area contributed by atoms with Crippen molar-refractivity contribution in [3.8, 4) is 22.9 Å². The Morgan fingerprint density at radius 2 is 1.44 bits per heavy atom. The van der Waals surface area contributed by atoms with E-state index in [4.69, 9.17) is 4.42 Å². The predicted octanol–water partition coefficient (Wildman–Crippen LogP) is 3.54. The van der Waals surface area contributed by atoms with Crippen molar-refractivity contribution in [2.75, 3.05) is 0 Å². The lowest BCUT2D eigenvalue weighted by molar-refractivity contribution is 0.582. The maximum absolute atomic E-state index is 13.1. The molecule has 0 bridgehead atoms. The van der Waals surface area contributed by atoms with E-state index in [0.717, 1.165) is 5.56 Å². The molecule has 0 aliphatic carbocycles. The second-order valence-corrected chi connectivity index (χ2v) is 3.79. The summed E-state index contributed by atoms with van der Waals surface area (Å²) in [7, 11) is 0. The zero-order valence-corrected chi connectivity index (χ0v) is 9.38. The van der Waals surface area contributed by atoms with Crippen LogP contribution in [0.2, 0.25) is 0 Å². The van der Waals surface area contributed by atoms with E-state index >= 15 is 0 Å². The maximum atomic E-state index is 13.1. The fourth-order valence-electron chi connectivity index (χ4n) is 1.66. The van der Waals surface area contributed by atoms with Crippen LogP contribution in [0.15, 0.2) is 59.0 Å². The molecule has 0 aliphatic rings. The molecule has 18 heavy (non-hydrogen) atoms. The van der Waals surface area contributed by atoms with E-state index < -0.39 is 0 Å². The van der Waals surface area contributed by atoms with Gasteiger partial charge < -0.3 is 4.42 Å². The molecule has 0 saturated carbocycles. The zero-order chi connectivity index (χ0) is 12.4. The van der Waals surface area contributed by atoms with Crippen LogP contribution >= 0.6 is 0 Å². The number of halogens is 1. The number of hydrogen-bond donors (Lipinski definition) is 0. The molecule has 88 valence electrons. The molecule has 0 amide bonds. The van der Waals surface area contributed by atoms with Crippen LogP contribution < -0.4 is 0 Å². The summed E-state index contributed by atoms with van der Waals surface area (Å²) >= 11 is 0. The Bertz CT molecular complexity index is 664. The Hall–Kier alpha value is -2.49. The summed E-state index contributed by atoms with van der Waals surface area (Å²) in [6.07, 6.45) is 0. The average molecular weight is 240 g/mol. The molecule has 0 spiro atoms. The van der Waals surface area contributed by atoms with Gasteiger partial charge in [-0.3, -0.25) is 0 Å². The highest BCUT2D eigenvalue weighted by molar-refractivity contribution is 5.57. The summed E-state index contributed by atoms with van der Waals surface area (Å²) in [5.74, 6) is 0.412. The minimum atomic E-state index is -0.327. The second-order valence-electron chi connectivity index (χ2n) is 3.79. The lowest BCUT2D eigenvalue weighted by Crippen LogP contribution is -1.79. The fourth-order valence-corrected chi connectivity index (χ4v) is 1.66. The van der Waals surface area contributed by atoms with Gasteiger partial charge in [-0.05, 0) is 30.3 Å². The summed E-state index contributed by atoms with van der Waals surface area (Å²) in [5.41, 5.74) is 1.41. The molecule has 4 heteroatoms.